The number of benzene rings is 1. The van der Waals surface area contributed by atoms with Gasteiger partial charge in [-0.05, 0) is 39.3 Å². The molecule has 1 atom stereocenters. The molecule has 24 heavy (non-hydrogen) atoms. The van der Waals surface area contributed by atoms with Gasteiger partial charge >= 0.3 is 0 Å². The molecule has 1 aromatic rings. The fourth-order valence-electron chi connectivity index (χ4n) is 3.20. The molecule has 0 aliphatic heterocycles. The van der Waals surface area contributed by atoms with E-state index in [-0.39, 0.29) is 30.0 Å². The predicted octanol–water partition coefficient (Wildman–Crippen LogP) is 3.80. The van der Waals surface area contributed by atoms with Gasteiger partial charge in [-0.25, -0.2) is 0 Å². The van der Waals surface area contributed by atoms with Crippen molar-refractivity contribution in [1.82, 2.24) is 15.5 Å². The third-order valence-electron chi connectivity index (χ3n) is 4.67. The zero-order valence-electron chi connectivity index (χ0n) is 15.3. The van der Waals surface area contributed by atoms with Crippen molar-refractivity contribution in [1.29, 1.82) is 0 Å². The number of aliphatic imine (C=N–C) groups is 1. The Balaban J connectivity index is 0.00000288. The van der Waals surface area contributed by atoms with Crippen LogP contribution < -0.4 is 10.6 Å². The maximum atomic E-state index is 4.74. The SMILES string of the molecule is CCNC(=NCCN(C)C1CCCC1)NC(C)c1ccccc1.I. The molecule has 0 saturated heterocycles. The van der Waals surface area contributed by atoms with Gasteiger partial charge in [0.25, 0.3) is 0 Å². The minimum absolute atomic E-state index is 0. The molecule has 1 saturated carbocycles. The van der Waals surface area contributed by atoms with Gasteiger partial charge in [-0.2, -0.15) is 0 Å². The van der Waals surface area contributed by atoms with E-state index in [4.69, 9.17) is 4.99 Å². The summed E-state index contributed by atoms with van der Waals surface area (Å²) in [6.07, 6.45) is 5.47. The van der Waals surface area contributed by atoms with Crippen LogP contribution in [0.4, 0.5) is 0 Å². The van der Waals surface area contributed by atoms with E-state index in [9.17, 15) is 0 Å². The van der Waals surface area contributed by atoms with Crippen LogP contribution in [-0.4, -0.2) is 43.6 Å². The minimum atomic E-state index is 0. The summed E-state index contributed by atoms with van der Waals surface area (Å²) in [6.45, 7) is 7.03. The van der Waals surface area contributed by atoms with Crippen LogP contribution in [0.5, 0.6) is 0 Å². The number of rotatable bonds is 7. The Hall–Kier alpha value is -0.820. The lowest BCUT2D eigenvalue weighted by molar-refractivity contribution is 0.252. The van der Waals surface area contributed by atoms with E-state index in [0.29, 0.717) is 0 Å². The Bertz CT molecular complexity index is 472. The molecule has 136 valence electrons. The van der Waals surface area contributed by atoms with Crippen LogP contribution in [0.15, 0.2) is 35.3 Å². The quantitative estimate of drug-likeness (QED) is 0.382. The summed E-state index contributed by atoms with van der Waals surface area (Å²) in [6, 6.07) is 11.5. The smallest absolute Gasteiger partial charge is 0.191 e. The molecule has 1 aliphatic rings. The lowest BCUT2D eigenvalue weighted by Gasteiger charge is -2.23. The van der Waals surface area contributed by atoms with Gasteiger partial charge in [0.05, 0.1) is 12.6 Å². The molecule has 2 rings (SSSR count). The van der Waals surface area contributed by atoms with Crippen LogP contribution >= 0.6 is 24.0 Å². The van der Waals surface area contributed by atoms with Crippen molar-refractivity contribution in [2.75, 3.05) is 26.7 Å². The Labute approximate surface area is 164 Å². The summed E-state index contributed by atoms with van der Waals surface area (Å²) in [5, 5.41) is 6.84. The molecule has 0 spiro atoms. The largest absolute Gasteiger partial charge is 0.357 e. The number of hydrogen-bond donors (Lipinski definition) is 2. The third kappa shape index (κ3) is 6.97. The molecular formula is C19H33IN4. The molecular weight excluding hydrogens is 411 g/mol. The van der Waals surface area contributed by atoms with Crippen molar-refractivity contribution >= 4 is 29.9 Å². The highest BCUT2D eigenvalue weighted by Crippen LogP contribution is 2.21. The van der Waals surface area contributed by atoms with E-state index in [1.807, 2.05) is 6.07 Å². The van der Waals surface area contributed by atoms with Gasteiger partial charge in [0, 0.05) is 19.1 Å². The molecule has 5 heteroatoms. The second kappa shape index (κ2) is 11.7. The molecule has 1 aliphatic carbocycles. The maximum Gasteiger partial charge on any atom is 0.191 e. The Kier molecular flexibility index (Phi) is 10.3. The van der Waals surface area contributed by atoms with E-state index in [0.717, 1.165) is 31.6 Å². The fraction of sp³-hybridized carbons (Fsp3) is 0.632. The lowest BCUT2D eigenvalue weighted by Crippen LogP contribution is -2.39. The maximum absolute atomic E-state index is 4.74. The molecule has 4 nitrogen and oxygen atoms in total. The highest BCUT2D eigenvalue weighted by atomic mass is 127. The van der Waals surface area contributed by atoms with Crippen molar-refractivity contribution in [3.05, 3.63) is 35.9 Å². The average molecular weight is 444 g/mol. The summed E-state index contributed by atoms with van der Waals surface area (Å²) in [5.74, 6) is 0.906. The summed E-state index contributed by atoms with van der Waals surface area (Å²) < 4.78 is 0. The zero-order valence-corrected chi connectivity index (χ0v) is 17.6. The summed E-state index contributed by atoms with van der Waals surface area (Å²) in [4.78, 5) is 7.22. The average Bonchev–Trinajstić information content (AvgIpc) is 3.10. The molecule has 0 bridgehead atoms. The molecule has 1 fully saturated rings. The summed E-state index contributed by atoms with van der Waals surface area (Å²) >= 11 is 0. The van der Waals surface area contributed by atoms with Crippen LogP contribution in [-0.2, 0) is 0 Å². The molecule has 0 amide bonds. The first-order valence-corrected chi connectivity index (χ1v) is 9.00. The Morgan fingerprint density at radius 3 is 2.54 bits per heavy atom. The number of hydrogen-bond acceptors (Lipinski definition) is 2. The second-order valence-electron chi connectivity index (χ2n) is 6.46. The minimum Gasteiger partial charge on any atom is -0.357 e. The first kappa shape index (κ1) is 21.2. The van der Waals surface area contributed by atoms with Crippen LogP contribution in [0.25, 0.3) is 0 Å². The summed E-state index contributed by atoms with van der Waals surface area (Å²) in [7, 11) is 2.23. The van der Waals surface area contributed by atoms with Crippen molar-refractivity contribution in [3.63, 3.8) is 0 Å². The van der Waals surface area contributed by atoms with Crippen molar-refractivity contribution in [2.45, 2.75) is 51.6 Å². The first-order valence-electron chi connectivity index (χ1n) is 9.00. The van der Waals surface area contributed by atoms with Gasteiger partial charge < -0.3 is 15.5 Å². The zero-order chi connectivity index (χ0) is 16.5. The monoisotopic (exact) mass is 444 g/mol. The topological polar surface area (TPSA) is 39.7 Å². The highest BCUT2D eigenvalue weighted by Gasteiger charge is 2.18. The normalized spacial score (nSPS) is 16.8. The van der Waals surface area contributed by atoms with Crippen molar-refractivity contribution < 1.29 is 0 Å². The molecule has 2 N–H and O–H groups in total. The summed E-state index contributed by atoms with van der Waals surface area (Å²) in [5.41, 5.74) is 1.28. The fourth-order valence-corrected chi connectivity index (χ4v) is 3.20. The number of nitrogens with zero attached hydrogens (tertiary/aromatic N) is 2. The number of guanidine groups is 1. The number of likely N-dealkylation sites (N-methyl/N-ethyl adjacent to an activating group) is 1. The van der Waals surface area contributed by atoms with Gasteiger partial charge in [-0.1, -0.05) is 43.2 Å². The Morgan fingerprint density at radius 1 is 1.25 bits per heavy atom. The van der Waals surface area contributed by atoms with Gasteiger partial charge in [0.2, 0.25) is 0 Å². The highest BCUT2D eigenvalue weighted by molar-refractivity contribution is 14.0. The van der Waals surface area contributed by atoms with Crippen molar-refractivity contribution in [2.24, 2.45) is 4.99 Å². The van der Waals surface area contributed by atoms with Gasteiger partial charge in [-0.15, -0.1) is 24.0 Å². The number of nitrogens with one attached hydrogen (secondary N) is 2. The van der Waals surface area contributed by atoms with E-state index in [2.05, 4.69) is 60.7 Å². The van der Waals surface area contributed by atoms with Crippen LogP contribution in [0, 0.1) is 0 Å². The van der Waals surface area contributed by atoms with E-state index in [1.165, 1.54) is 31.2 Å². The second-order valence-corrected chi connectivity index (χ2v) is 6.46. The Morgan fingerprint density at radius 2 is 1.92 bits per heavy atom. The predicted molar refractivity (Wildman–Crippen MR) is 114 cm³/mol. The molecule has 1 aromatic carbocycles. The number of halogens is 1. The van der Waals surface area contributed by atoms with Crippen LogP contribution in [0.1, 0.15) is 51.1 Å². The first-order chi connectivity index (χ1) is 11.2. The molecule has 0 heterocycles. The molecule has 0 aromatic heterocycles. The van der Waals surface area contributed by atoms with Gasteiger partial charge in [-0.3, -0.25) is 4.99 Å². The standard InChI is InChI=1S/C19H32N4.HI/c1-4-20-19(22-16(2)17-10-6-5-7-11-17)21-14-15-23(3)18-12-8-9-13-18;/h5-7,10-11,16,18H,4,8-9,12-15H2,1-3H3,(H2,20,21,22);1H. The van der Waals surface area contributed by atoms with Gasteiger partial charge in [0.1, 0.15) is 0 Å². The third-order valence-corrected chi connectivity index (χ3v) is 4.67. The van der Waals surface area contributed by atoms with E-state index >= 15 is 0 Å². The van der Waals surface area contributed by atoms with E-state index in [1.54, 1.807) is 0 Å². The van der Waals surface area contributed by atoms with Crippen molar-refractivity contribution in [3.8, 4) is 0 Å². The molecule has 1 unspecified atom stereocenters. The van der Waals surface area contributed by atoms with E-state index < -0.39 is 0 Å². The molecule has 0 radical (unpaired) electrons. The lowest BCUT2D eigenvalue weighted by atomic mass is 10.1. The van der Waals surface area contributed by atoms with Crippen LogP contribution in [0.3, 0.4) is 0 Å². The van der Waals surface area contributed by atoms with Gasteiger partial charge in [0.15, 0.2) is 5.96 Å². The van der Waals surface area contributed by atoms with Crippen LogP contribution in [0.2, 0.25) is 0 Å².